The van der Waals surface area contributed by atoms with Crippen molar-refractivity contribution in [3.8, 4) is 16.3 Å². The van der Waals surface area contributed by atoms with Gasteiger partial charge < -0.3 is 19.1 Å². The SMILES string of the molecule is CCCCN(C)C(=O)OCc1cc(Cl)sc1-c1ccc(O[C@H]2CCC[C@H](C(=O)OC)C2)c(C)n1. The van der Waals surface area contributed by atoms with Crippen LogP contribution in [0.1, 0.15) is 56.7 Å². The van der Waals surface area contributed by atoms with Crippen LogP contribution in [0.25, 0.3) is 10.6 Å². The molecule has 1 aliphatic carbocycles. The first-order chi connectivity index (χ1) is 16.3. The highest BCUT2D eigenvalue weighted by molar-refractivity contribution is 7.19. The van der Waals surface area contributed by atoms with Gasteiger partial charge in [-0.1, -0.05) is 24.9 Å². The third-order valence-corrected chi connectivity index (χ3v) is 7.34. The van der Waals surface area contributed by atoms with E-state index in [1.807, 2.05) is 25.1 Å². The Balaban J connectivity index is 1.67. The predicted molar refractivity (Wildman–Crippen MR) is 133 cm³/mol. The molecule has 0 aromatic carbocycles. The van der Waals surface area contributed by atoms with E-state index in [1.165, 1.54) is 18.4 Å². The Morgan fingerprint density at radius 1 is 1.29 bits per heavy atom. The summed E-state index contributed by atoms with van der Waals surface area (Å²) in [6.45, 7) is 4.77. The lowest BCUT2D eigenvalue weighted by Crippen LogP contribution is -2.30. The molecule has 3 rings (SSSR count). The number of pyridine rings is 1. The van der Waals surface area contributed by atoms with E-state index in [2.05, 4.69) is 6.92 Å². The molecular weight excluding hydrogens is 476 g/mol. The van der Waals surface area contributed by atoms with Crippen LogP contribution in [0.15, 0.2) is 18.2 Å². The normalized spacial score (nSPS) is 17.8. The van der Waals surface area contributed by atoms with Gasteiger partial charge in [0, 0.05) is 19.2 Å². The molecule has 2 heterocycles. The standard InChI is InChI=1S/C25H33ClN2O5S/c1-5-6-12-28(3)25(30)32-15-18-14-22(26)34-23(18)20-10-11-21(16(2)27-20)33-19-9-7-8-17(13-19)24(29)31-4/h10-11,14,17,19H,5-9,12-13,15H2,1-4H3/t17-,19-/m0/s1. The highest BCUT2D eigenvalue weighted by Gasteiger charge is 2.29. The molecule has 1 saturated carbocycles. The number of halogens is 1. The number of unbranched alkanes of at least 4 members (excludes halogenated alkanes) is 1. The summed E-state index contributed by atoms with van der Waals surface area (Å²) in [4.78, 5) is 31.4. The zero-order valence-electron chi connectivity index (χ0n) is 20.3. The first-order valence-electron chi connectivity index (χ1n) is 11.7. The zero-order valence-corrected chi connectivity index (χ0v) is 21.8. The number of aryl methyl sites for hydroxylation is 1. The highest BCUT2D eigenvalue weighted by Crippen LogP contribution is 2.37. The van der Waals surface area contributed by atoms with Gasteiger partial charge in [0.05, 0.1) is 39.7 Å². The lowest BCUT2D eigenvalue weighted by Gasteiger charge is -2.28. The van der Waals surface area contributed by atoms with Crippen LogP contribution >= 0.6 is 22.9 Å². The fourth-order valence-corrected chi connectivity index (χ4v) is 5.29. The summed E-state index contributed by atoms with van der Waals surface area (Å²) >= 11 is 7.69. The molecule has 0 saturated heterocycles. The van der Waals surface area contributed by atoms with Gasteiger partial charge in [-0.25, -0.2) is 9.78 Å². The van der Waals surface area contributed by atoms with Gasteiger partial charge in [-0.15, -0.1) is 11.3 Å². The van der Waals surface area contributed by atoms with E-state index >= 15 is 0 Å². The number of esters is 1. The number of amides is 1. The van der Waals surface area contributed by atoms with Crippen LogP contribution in [0.5, 0.6) is 5.75 Å². The van der Waals surface area contributed by atoms with Crippen molar-refractivity contribution < 1.29 is 23.8 Å². The Kier molecular flexibility index (Phi) is 9.59. The smallest absolute Gasteiger partial charge is 0.409 e. The van der Waals surface area contributed by atoms with Crippen molar-refractivity contribution in [2.75, 3.05) is 20.7 Å². The molecular formula is C25H33ClN2O5S. The Morgan fingerprint density at radius 3 is 2.79 bits per heavy atom. The average molecular weight is 509 g/mol. The predicted octanol–water partition coefficient (Wildman–Crippen LogP) is 6.25. The fourth-order valence-electron chi connectivity index (χ4n) is 4.07. The van der Waals surface area contributed by atoms with E-state index in [0.29, 0.717) is 23.1 Å². The molecule has 2 atom stereocenters. The first kappa shape index (κ1) is 26.3. The Hall–Kier alpha value is -2.32. The van der Waals surface area contributed by atoms with Crippen LogP contribution < -0.4 is 4.74 Å². The first-order valence-corrected chi connectivity index (χ1v) is 12.9. The Morgan fingerprint density at radius 2 is 2.09 bits per heavy atom. The summed E-state index contributed by atoms with van der Waals surface area (Å²) in [6.07, 6.45) is 4.87. The molecule has 7 nitrogen and oxygen atoms in total. The molecule has 1 amide bonds. The molecule has 186 valence electrons. The molecule has 2 aromatic rings. The second-order valence-electron chi connectivity index (χ2n) is 8.64. The maximum Gasteiger partial charge on any atom is 0.409 e. The summed E-state index contributed by atoms with van der Waals surface area (Å²) in [7, 11) is 3.17. The molecule has 0 unspecified atom stereocenters. The van der Waals surface area contributed by atoms with Crippen molar-refractivity contribution in [3.63, 3.8) is 0 Å². The molecule has 2 aromatic heterocycles. The minimum absolute atomic E-state index is 0.0416. The summed E-state index contributed by atoms with van der Waals surface area (Å²) in [5.41, 5.74) is 2.33. The quantitative estimate of drug-likeness (QED) is 0.372. The van der Waals surface area contributed by atoms with Crippen molar-refractivity contribution in [2.45, 2.75) is 65.1 Å². The van der Waals surface area contributed by atoms with Crippen LogP contribution in [0.3, 0.4) is 0 Å². The zero-order chi connectivity index (χ0) is 24.7. The molecule has 1 fully saturated rings. The summed E-state index contributed by atoms with van der Waals surface area (Å²) < 4.78 is 17.2. The lowest BCUT2D eigenvalue weighted by atomic mass is 9.87. The van der Waals surface area contributed by atoms with Gasteiger partial charge in [0.2, 0.25) is 0 Å². The summed E-state index contributed by atoms with van der Waals surface area (Å²) in [6, 6.07) is 5.61. The van der Waals surface area contributed by atoms with E-state index in [1.54, 1.807) is 11.9 Å². The monoisotopic (exact) mass is 508 g/mol. The third-order valence-electron chi connectivity index (χ3n) is 6.01. The molecule has 9 heteroatoms. The Bertz CT molecular complexity index is 996. The van der Waals surface area contributed by atoms with Crippen molar-refractivity contribution in [3.05, 3.63) is 33.8 Å². The number of hydrogen-bond acceptors (Lipinski definition) is 7. The second kappa shape index (κ2) is 12.4. The van der Waals surface area contributed by atoms with Crippen LogP contribution in [-0.4, -0.2) is 48.8 Å². The van der Waals surface area contributed by atoms with Crippen molar-refractivity contribution in [1.29, 1.82) is 0 Å². The van der Waals surface area contributed by atoms with E-state index in [4.69, 9.17) is 30.8 Å². The summed E-state index contributed by atoms with van der Waals surface area (Å²) in [5, 5.41) is 0. The van der Waals surface area contributed by atoms with Gasteiger partial charge in [0.1, 0.15) is 12.4 Å². The lowest BCUT2D eigenvalue weighted by molar-refractivity contribution is -0.147. The largest absolute Gasteiger partial charge is 0.489 e. The summed E-state index contributed by atoms with van der Waals surface area (Å²) in [5.74, 6) is 0.418. The molecule has 0 bridgehead atoms. The van der Waals surface area contributed by atoms with Gasteiger partial charge in [-0.05, 0) is 57.2 Å². The minimum Gasteiger partial charge on any atom is -0.489 e. The van der Waals surface area contributed by atoms with Crippen LogP contribution in [0.4, 0.5) is 4.79 Å². The van der Waals surface area contributed by atoms with Crippen molar-refractivity contribution in [1.82, 2.24) is 9.88 Å². The fraction of sp³-hybridized carbons (Fsp3) is 0.560. The Labute approximate surface area is 210 Å². The number of hydrogen-bond donors (Lipinski definition) is 0. The average Bonchev–Trinajstić information content (AvgIpc) is 3.22. The topological polar surface area (TPSA) is 78.0 Å². The highest BCUT2D eigenvalue weighted by atomic mass is 35.5. The van der Waals surface area contributed by atoms with Gasteiger partial charge in [0.25, 0.3) is 0 Å². The molecule has 0 aliphatic heterocycles. The van der Waals surface area contributed by atoms with Crippen molar-refractivity contribution >= 4 is 35.0 Å². The minimum atomic E-state index is -0.354. The van der Waals surface area contributed by atoms with E-state index in [0.717, 1.165) is 53.9 Å². The van der Waals surface area contributed by atoms with Gasteiger partial charge in [-0.3, -0.25) is 4.79 Å². The number of carbonyl (C=O) groups is 2. The molecule has 0 spiro atoms. The third kappa shape index (κ3) is 6.85. The molecule has 34 heavy (non-hydrogen) atoms. The maximum atomic E-state index is 12.3. The van der Waals surface area contributed by atoms with Crippen molar-refractivity contribution in [2.24, 2.45) is 5.92 Å². The van der Waals surface area contributed by atoms with E-state index in [-0.39, 0.29) is 30.7 Å². The van der Waals surface area contributed by atoms with Gasteiger partial charge in [-0.2, -0.15) is 0 Å². The number of ether oxygens (including phenoxy) is 3. The number of thiophene rings is 1. The maximum absolute atomic E-state index is 12.3. The van der Waals surface area contributed by atoms with E-state index < -0.39 is 0 Å². The van der Waals surface area contributed by atoms with Crippen LogP contribution in [0.2, 0.25) is 4.34 Å². The molecule has 0 radical (unpaired) electrons. The number of carbonyl (C=O) groups excluding carboxylic acids is 2. The number of aromatic nitrogens is 1. The molecule has 0 N–H and O–H groups in total. The van der Waals surface area contributed by atoms with Gasteiger partial charge >= 0.3 is 12.1 Å². The molecule has 1 aliphatic rings. The second-order valence-corrected chi connectivity index (χ2v) is 10.3. The van der Waals surface area contributed by atoms with Crippen LogP contribution in [-0.2, 0) is 20.9 Å². The number of rotatable bonds is 9. The van der Waals surface area contributed by atoms with Crippen LogP contribution in [0, 0.1) is 12.8 Å². The van der Waals surface area contributed by atoms with E-state index in [9.17, 15) is 9.59 Å². The number of methoxy groups -OCH3 is 1. The van der Waals surface area contributed by atoms with Gasteiger partial charge in [0.15, 0.2) is 0 Å². The number of nitrogens with zero attached hydrogens (tertiary/aromatic N) is 2.